The van der Waals surface area contributed by atoms with Crippen molar-refractivity contribution in [3.05, 3.63) is 0 Å². The summed E-state index contributed by atoms with van der Waals surface area (Å²) >= 11 is 0. The van der Waals surface area contributed by atoms with Gasteiger partial charge in [-0.15, -0.1) is 0 Å². The molecule has 2 heteroatoms. The lowest BCUT2D eigenvalue weighted by molar-refractivity contribution is -0.143. The zero-order valence-electron chi connectivity index (χ0n) is 34.4. The molecule has 0 heterocycles. The molecular weight excluding hydrogens is 597 g/mol. The lowest BCUT2D eigenvalue weighted by Crippen LogP contribution is -2.05. The van der Waals surface area contributed by atoms with Gasteiger partial charge in [0.15, 0.2) is 0 Å². The first-order valence-electron chi connectivity index (χ1n) is 23.5. The molecule has 0 fully saturated rings. The molecule has 0 aliphatic carbocycles. The molecule has 0 aromatic heterocycles. The Hall–Kier alpha value is -0.530. The van der Waals surface area contributed by atoms with Gasteiger partial charge < -0.3 is 4.74 Å². The van der Waals surface area contributed by atoms with E-state index in [0.717, 1.165) is 12.8 Å². The molecule has 0 aliphatic rings. The third-order valence-corrected chi connectivity index (χ3v) is 11.0. The molecule has 0 amide bonds. The highest BCUT2D eigenvalue weighted by atomic mass is 16.5. The van der Waals surface area contributed by atoms with Crippen molar-refractivity contribution in [3.8, 4) is 0 Å². The van der Waals surface area contributed by atoms with Crippen LogP contribution in [0.5, 0.6) is 0 Å². The molecule has 0 radical (unpaired) electrons. The lowest BCUT2D eigenvalue weighted by Gasteiger charge is -2.06. The average Bonchev–Trinajstić information content (AvgIpc) is 3.11. The molecule has 0 saturated heterocycles. The van der Waals surface area contributed by atoms with E-state index in [1.807, 2.05) is 0 Å². The molecule has 0 aromatic rings. The maximum absolute atomic E-state index is 12.0. The molecular formula is C47H94O2. The third kappa shape index (κ3) is 45.4. The van der Waals surface area contributed by atoms with E-state index in [1.54, 1.807) is 0 Å². The Morgan fingerprint density at radius 2 is 0.449 bits per heavy atom. The van der Waals surface area contributed by atoms with E-state index in [4.69, 9.17) is 4.74 Å². The Kier molecular flexibility index (Phi) is 45.0. The van der Waals surface area contributed by atoms with Crippen LogP contribution in [-0.2, 0) is 9.53 Å². The third-order valence-electron chi connectivity index (χ3n) is 11.0. The number of ether oxygens (including phenoxy) is 1. The van der Waals surface area contributed by atoms with Gasteiger partial charge in [-0.25, -0.2) is 0 Å². The Morgan fingerprint density at radius 1 is 0.265 bits per heavy atom. The molecule has 2 nitrogen and oxygen atoms in total. The van der Waals surface area contributed by atoms with E-state index < -0.39 is 0 Å². The van der Waals surface area contributed by atoms with E-state index in [2.05, 4.69) is 13.8 Å². The summed E-state index contributed by atoms with van der Waals surface area (Å²) in [7, 11) is 0. The van der Waals surface area contributed by atoms with Gasteiger partial charge in [0.25, 0.3) is 0 Å². The van der Waals surface area contributed by atoms with E-state index in [0.29, 0.717) is 13.0 Å². The summed E-state index contributed by atoms with van der Waals surface area (Å²) in [6.07, 6.45) is 59.4. The van der Waals surface area contributed by atoms with Gasteiger partial charge in [0.1, 0.15) is 0 Å². The van der Waals surface area contributed by atoms with Crippen LogP contribution >= 0.6 is 0 Å². The molecule has 0 saturated carbocycles. The van der Waals surface area contributed by atoms with Crippen LogP contribution in [0.1, 0.15) is 290 Å². The zero-order valence-corrected chi connectivity index (χ0v) is 34.4. The average molecular weight is 691 g/mol. The van der Waals surface area contributed by atoms with Crippen LogP contribution in [0.4, 0.5) is 0 Å². The normalized spacial score (nSPS) is 11.5. The summed E-state index contributed by atoms with van der Waals surface area (Å²) in [5, 5.41) is 0. The van der Waals surface area contributed by atoms with Gasteiger partial charge in [-0.3, -0.25) is 4.79 Å². The van der Waals surface area contributed by atoms with E-state index in [1.165, 1.54) is 257 Å². The maximum atomic E-state index is 12.0. The molecule has 294 valence electrons. The summed E-state index contributed by atoms with van der Waals surface area (Å²) in [6, 6.07) is 0. The van der Waals surface area contributed by atoms with E-state index in [9.17, 15) is 4.79 Å². The lowest BCUT2D eigenvalue weighted by atomic mass is 10.0. The van der Waals surface area contributed by atoms with Crippen molar-refractivity contribution in [1.29, 1.82) is 0 Å². The predicted octanol–water partition coefficient (Wildman–Crippen LogP) is 17.3. The maximum Gasteiger partial charge on any atom is 0.305 e. The van der Waals surface area contributed by atoms with Crippen molar-refractivity contribution in [2.24, 2.45) is 0 Å². The van der Waals surface area contributed by atoms with Crippen LogP contribution in [0.25, 0.3) is 0 Å². The molecule has 0 unspecified atom stereocenters. The van der Waals surface area contributed by atoms with Crippen molar-refractivity contribution in [2.45, 2.75) is 290 Å². The van der Waals surface area contributed by atoms with Crippen LogP contribution in [0.3, 0.4) is 0 Å². The molecule has 0 aliphatic heterocycles. The number of unbranched alkanes of at least 4 members (excludes halogenated alkanes) is 40. The first kappa shape index (κ1) is 48.5. The van der Waals surface area contributed by atoms with Gasteiger partial charge in [-0.1, -0.05) is 271 Å². The quantitative estimate of drug-likeness (QED) is 0.0470. The van der Waals surface area contributed by atoms with Crippen molar-refractivity contribution in [3.63, 3.8) is 0 Å². The summed E-state index contributed by atoms with van der Waals surface area (Å²) < 4.78 is 5.48. The van der Waals surface area contributed by atoms with Gasteiger partial charge >= 0.3 is 5.97 Å². The number of carbonyl (C=O) groups is 1. The van der Waals surface area contributed by atoms with Crippen molar-refractivity contribution in [2.75, 3.05) is 6.61 Å². The second-order valence-corrected chi connectivity index (χ2v) is 16.1. The Balaban J connectivity index is 3.13. The van der Waals surface area contributed by atoms with Crippen molar-refractivity contribution < 1.29 is 9.53 Å². The van der Waals surface area contributed by atoms with Gasteiger partial charge in [0.2, 0.25) is 0 Å². The minimum atomic E-state index is 0.0320. The highest BCUT2D eigenvalue weighted by Crippen LogP contribution is 2.17. The van der Waals surface area contributed by atoms with Gasteiger partial charge in [-0.05, 0) is 12.8 Å². The molecule has 0 bridgehead atoms. The molecule has 0 aromatic carbocycles. The second-order valence-electron chi connectivity index (χ2n) is 16.1. The smallest absolute Gasteiger partial charge is 0.305 e. The highest BCUT2D eigenvalue weighted by Gasteiger charge is 2.03. The first-order chi connectivity index (χ1) is 24.3. The van der Waals surface area contributed by atoms with Crippen molar-refractivity contribution >= 4 is 5.97 Å². The second kappa shape index (κ2) is 45.5. The standard InChI is InChI=1S/C47H94O2/c1-3-5-7-9-11-13-15-17-19-20-21-22-23-24-25-26-27-28-29-30-32-34-36-38-40-42-44-46-49-47(48)45-43-41-39-37-35-33-31-18-16-14-12-10-8-6-4-2/h3-46H2,1-2H3. The van der Waals surface area contributed by atoms with Crippen LogP contribution in [0.15, 0.2) is 0 Å². The summed E-state index contributed by atoms with van der Waals surface area (Å²) in [5.41, 5.74) is 0. The highest BCUT2D eigenvalue weighted by molar-refractivity contribution is 5.69. The number of rotatable bonds is 44. The fraction of sp³-hybridized carbons (Fsp3) is 0.979. The fourth-order valence-electron chi connectivity index (χ4n) is 7.49. The molecule has 0 atom stereocenters. The van der Waals surface area contributed by atoms with Crippen LogP contribution in [0, 0.1) is 0 Å². The van der Waals surface area contributed by atoms with E-state index in [-0.39, 0.29) is 5.97 Å². The summed E-state index contributed by atoms with van der Waals surface area (Å²) in [5.74, 6) is 0.0320. The number of esters is 1. The molecule has 0 N–H and O–H groups in total. The SMILES string of the molecule is CCCCCCCCCCCCCCCCCCCCCCCCCCCCCOC(=O)CCCCCCCCCCCCCCCCC. The summed E-state index contributed by atoms with van der Waals surface area (Å²) in [6.45, 7) is 5.23. The van der Waals surface area contributed by atoms with Crippen LogP contribution in [0.2, 0.25) is 0 Å². The Labute approximate surface area is 311 Å². The monoisotopic (exact) mass is 691 g/mol. The van der Waals surface area contributed by atoms with Crippen LogP contribution in [-0.4, -0.2) is 12.6 Å². The fourth-order valence-corrected chi connectivity index (χ4v) is 7.49. The Morgan fingerprint density at radius 3 is 0.673 bits per heavy atom. The number of hydrogen-bond acceptors (Lipinski definition) is 2. The molecule has 0 spiro atoms. The first-order valence-corrected chi connectivity index (χ1v) is 23.5. The van der Waals surface area contributed by atoms with Gasteiger partial charge in [0.05, 0.1) is 6.61 Å². The van der Waals surface area contributed by atoms with E-state index >= 15 is 0 Å². The van der Waals surface area contributed by atoms with Gasteiger partial charge in [-0.2, -0.15) is 0 Å². The van der Waals surface area contributed by atoms with Gasteiger partial charge in [0, 0.05) is 6.42 Å². The minimum Gasteiger partial charge on any atom is -0.466 e. The van der Waals surface area contributed by atoms with Crippen molar-refractivity contribution in [1.82, 2.24) is 0 Å². The summed E-state index contributed by atoms with van der Waals surface area (Å²) in [4.78, 5) is 12.0. The largest absolute Gasteiger partial charge is 0.466 e. The zero-order chi connectivity index (χ0) is 35.4. The Bertz CT molecular complexity index is 587. The molecule has 0 rings (SSSR count). The minimum absolute atomic E-state index is 0.0320. The van der Waals surface area contributed by atoms with Crippen LogP contribution < -0.4 is 0 Å². The molecule has 49 heavy (non-hydrogen) atoms. The number of carbonyl (C=O) groups excluding carboxylic acids is 1. The predicted molar refractivity (Wildman–Crippen MR) is 221 cm³/mol. The topological polar surface area (TPSA) is 26.3 Å². The number of hydrogen-bond donors (Lipinski definition) is 0.